The number of nitrogens with two attached hydrogens (primary N) is 1. The summed E-state index contributed by atoms with van der Waals surface area (Å²) in [4.78, 5) is 12.6. The highest BCUT2D eigenvalue weighted by Gasteiger charge is 2.26. The number of aliphatic hydroxyl groups is 1. The van der Waals surface area contributed by atoms with E-state index in [2.05, 4.69) is 5.32 Å². The highest BCUT2D eigenvalue weighted by Crippen LogP contribution is 2.34. The molecular formula is C21H26FN3O5. The van der Waals surface area contributed by atoms with Crippen LogP contribution in [0.25, 0.3) is 0 Å². The lowest BCUT2D eigenvalue weighted by atomic mass is 10.1. The Balaban J connectivity index is 2.17. The summed E-state index contributed by atoms with van der Waals surface area (Å²) in [5.74, 6) is -0.889. The Kier molecular flexibility index (Phi) is 8.57. The van der Waals surface area contributed by atoms with Crippen LogP contribution in [0.4, 0.5) is 4.39 Å². The molecule has 0 fully saturated rings. The summed E-state index contributed by atoms with van der Waals surface area (Å²) in [7, 11) is 1.31. The number of nitrogen functional groups attached to an aromatic ring is 1. The van der Waals surface area contributed by atoms with Gasteiger partial charge in [0.25, 0.3) is 5.91 Å². The molecule has 2 aromatic rings. The lowest BCUT2D eigenvalue weighted by Gasteiger charge is -2.19. The van der Waals surface area contributed by atoms with Gasteiger partial charge in [-0.05, 0) is 18.6 Å². The van der Waals surface area contributed by atoms with Crippen molar-refractivity contribution in [3.05, 3.63) is 58.9 Å². The van der Waals surface area contributed by atoms with Gasteiger partial charge < -0.3 is 30.4 Å². The number of hydrogen-bond acceptors (Lipinski definition) is 6. The third kappa shape index (κ3) is 5.91. The highest BCUT2D eigenvalue weighted by molar-refractivity contribution is 5.94. The van der Waals surface area contributed by atoms with E-state index in [4.69, 9.17) is 30.5 Å². The molecule has 0 saturated carbocycles. The SMILES string of the molecule is CCOc1cc([C@H](OC)C(=O)NCc2ccc(C(=N)N)cc2)c(F)cc1OCCO. The van der Waals surface area contributed by atoms with E-state index in [1.165, 1.54) is 13.2 Å². The first-order valence-electron chi connectivity index (χ1n) is 9.35. The van der Waals surface area contributed by atoms with Gasteiger partial charge in [0, 0.05) is 30.8 Å². The van der Waals surface area contributed by atoms with Crippen molar-refractivity contribution < 1.29 is 28.5 Å². The van der Waals surface area contributed by atoms with Crippen LogP contribution < -0.4 is 20.5 Å². The number of hydrogen-bond donors (Lipinski definition) is 4. The average molecular weight is 419 g/mol. The van der Waals surface area contributed by atoms with Crippen molar-refractivity contribution in [2.75, 3.05) is 26.9 Å². The second-order valence-electron chi connectivity index (χ2n) is 6.27. The number of benzene rings is 2. The molecule has 0 saturated heterocycles. The van der Waals surface area contributed by atoms with Gasteiger partial charge in [-0.3, -0.25) is 10.2 Å². The third-order valence-corrected chi connectivity index (χ3v) is 4.20. The first kappa shape index (κ1) is 23.1. The van der Waals surface area contributed by atoms with Gasteiger partial charge in [0.1, 0.15) is 18.3 Å². The number of halogens is 1. The molecule has 0 unspecified atom stereocenters. The van der Waals surface area contributed by atoms with Gasteiger partial charge in [-0.2, -0.15) is 0 Å². The summed E-state index contributed by atoms with van der Waals surface area (Å²) < 4.78 is 30.7. The smallest absolute Gasteiger partial charge is 0.254 e. The van der Waals surface area contributed by atoms with Gasteiger partial charge in [-0.1, -0.05) is 24.3 Å². The number of ether oxygens (including phenoxy) is 3. The summed E-state index contributed by atoms with van der Waals surface area (Å²) in [6.07, 6.45) is -1.20. The van der Waals surface area contributed by atoms with Gasteiger partial charge in [-0.25, -0.2) is 4.39 Å². The molecule has 5 N–H and O–H groups in total. The average Bonchev–Trinajstić information content (AvgIpc) is 2.74. The van der Waals surface area contributed by atoms with Crippen LogP contribution in [0.5, 0.6) is 11.5 Å². The van der Waals surface area contributed by atoms with Crippen LogP contribution in [0.15, 0.2) is 36.4 Å². The molecule has 0 bridgehead atoms. The molecular weight excluding hydrogens is 393 g/mol. The lowest BCUT2D eigenvalue weighted by Crippen LogP contribution is -2.30. The van der Waals surface area contributed by atoms with Crippen LogP contribution in [0, 0.1) is 11.2 Å². The normalized spacial score (nSPS) is 11.6. The molecule has 1 atom stereocenters. The van der Waals surface area contributed by atoms with Gasteiger partial charge in [0.15, 0.2) is 17.6 Å². The molecule has 162 valence electrons. The Labute approximate surface area is 174 Å². The van der Waals surface area contributed by atoms with Crippen molar-refractivity contribution in [3.8, 4) is 11.5 Å². The molecule has 9 heteroatoms. The van der Waals surface area contributed by atoms with E-state index >= 15 is 0 Å². The number of nitrogens with one attached hydrogen (secondary N) is 2. The van der Waals surface area contributed by atoms with Gasteiger partial charge in [0.05, 0.1) is 13.2 Å². The quantitative estimate of drug-likeness (QED) is 0.325. The lowest BCUT2D eigenvalue weighted by molar-refractivity contribution is -0.131. The van der Waals surface area contributed by atoms with E-state index in [0.717, 1.165) is 11.6 Å². The largest absolute Gasteiger partial charge is 0.490 e. The van der Waals surface area contributed by atoms with Crippen LogP contribution >= 0.6 is 0 Å². The molecule has 1 amide bonds. The fraction of sp³-hybridized carbons (Fsp3) is 0.333. The second kappa shape index (κ2) is 11.1. The minimum atomic E-state index is -1.20. The predicted molar refractivity (Wildman–Crippen MR) is 109 cm³/mol. The monoisotopic (exact) mass is 419 g/mol. The van der Waals surface area contributed by atoms with E-state index in [0.29, 0.717) is 12.2 Å². The Morgan fingerprint density at radius 2 is 1.90 bits per heavy atom. The van der Waals surface area contributed by atoms with Crippen LogP contribution in [0.1, 0.15) is 29.7 Å². The molecule has 8 nitrogen and oxygen atoms in total. The standard InChI is InChI=1S/C21H26FN3O5/c1-3-29-17-10-15(16(22)11-18(17)30-9-8-26)19(28-2)21(27)25-12-13-4-6-14(7-5-13)20(23)24/h4-7,10-11,19,26H,3,8-9,12H2,1-2H3,(H3,23,24)(H,25,27)/t19-/m0/s1. The maximum atomic E-state index is 14.7. The van der Waals surface area contributed by atoms with Gasteiger partial charge >= 0.3 is 0 Å². The fourth-order valence-electron chi connectivity index (χ4n) is 2.75. The second-order valence-corrected chi connectivity index (χ2v) is 6.27. The predicted octanol–water partition coefficient (Wildman–Crippen LogP) is 1.88. The van der Waals surface area contributed by atoms with Crippen LogP contribution in [0.2, 0.25) is 0 Å². The summed E-state index contributed by atoms with van der Waals surface area (Å²) in [6, 6.07) is 9.30. The van der Waals surface area contributed by atoms with Gasteiger partial charge in [0.2, 0.25) is 0 Å². The van der Waals surface area contributed by atoms with E-state index < -0.39 is 17.8 Å². The first-order valence-corrected chi connectivity index (χ1v) is 9.35. The molecule has 0 spiro atoms. The molecule has 0 heterocycles. The number of carbonyl (C=O) groups is 1. The van der Waals surface area contributed by atoms with Crippen molar-refractivity contribution in [2.45, 2.75) is 19.6 Å². The fourth-order valence-corrected chi connectivity index (χ4v) is 2.75. The zero-order chi connectivity index (χ0) is 22.1. The highest BCUT2D eigenvalue weighted by atomic mass is 19.1. The van der Waals surface area contributed by atoms with E-state index in [1.54, 1.807) is 31.2 Å². The zero-order valence-electron chi connectivity index (χ0n) is 16.9. The summed E-state index contributed by atoms with van der Waals surface area (Å²) in [5, 5.41) is 19.0. The zero-order valence-corrected chi connectivity index (χ0v) is 16.9. The Morgan fingerprint density at radius 3 is 2.47 bits per heavy atom. The minimum absolute atomic E-state index is 0.00160. The number of carbonyl (C=O) groups excluding carboxylic acids is 1. The molecule has 2 rings (SSSR count). The molecule has 0 aliphatic heterocycles. The van der Waals surface area contributed by atoms with Crippen molar-refractivity contribution >= 4 is 11.7 Å². The molecule has 30 heavy (non-hydrogen) atoms. The summed E-state index contributed by atoms with van der Waals surface area (Å²) in [6.45, 7) is 2.01. The number of amidine groups is 1. The van der Waals surface area contributed by atoms with Crippen molar-refractivity contribution in [1.29, 1.82) is 5.41 Å². The first-order chi connectivity index (χ1) is 14.4. The molecule has 0 aliphatic rings. The van der Waals surface area contributed by atoms with Crippen molar-refractivity contribution in [1.82, 2.24) is 5.32 Å². The molecule has 0 aliphatic carbocycles. The maximum absolute atomic E-state index is 14.7. The molecule has 0 aromatic heterocycles. The Morgan fingerprint density at radius 1 is 1.23 bits per heavy atom. The van der Waals surface area contributed by atoms with E-state index in [-0.39, 0.29) is 42.7 Å². The molecule has 2 aromatic carbocycles. The summed E-state index contributed by atoms with van der Waals surface area (Å²) >= 11 is 0. The number of aliphatic hydroxyl groups excluding tert-OH is 1. The van der Waals surface area contributed by atoms with Crippen molar-refractivity contribution in [3.63, 3.8) is 0 Å². The Hall–Kier alpha value is -3.17. The molecule has 0 radical (unpaired) electrons. The number of rotatable bonds is 11. The minimum Gasteiger partial charge on any atom is -0.490 e. The number of amides is 1. The van der Waals surface area contributed by atoms with Gasteiger partial charge in [-0.15, -0.1) is 0 Å². The van der Waals surface area contributed by atoms with Crippen LogP contribution in [-0.4, -0.2) is 43.8 Å². The topological polar surface area (TPSA) is 127 Å². The van der Waals surface area contributed by atoms with E-state index in [9.17, 15) is 9.18 Å². The third-order valence-electron chi connectivity index (χ3n) is 4.20. The number of methoxy groups -OCH3 is 1. The van der Waals surface area contributed by atoms with Crippen LogP contribution in [-0.2, 0) is 16.1 Å². The van der Waals surface area contributed by atoms with Crippen molar-refractivity contribution in [2.24, 2.45) is 5.73 Å². The Bertz CT molecular complexity index is 874. The maximum Gasteiger partial charge on any atom is 0.254 e. The van der Waals surface area contributed by atoms with Crippen LogP contribution in [0.3, 0.4) is 0 Å². The van der Waals surface area contributed by atoms with E-state index in [1.807, 2.05) is 0 Å². The summed E-state index contributed by atoms with van der Waals surface area (Å²) in [5.41, 5.74) is 6.79.